The molecule has 3 heteroatoms. The fourth-order valence-electron chi connectivity index (χ4n) is 2.45. The molecule has 0 amide bonds. The normalized spacial score (nSPS) is 24.1. The maximum Gasteiger partial charge on any atom is 0.123 e. The Morgan fingerprint density at radius 2 is 2.00 bits per heavy atom. The van der Waals surface area contributed by atoms with Crippen LogP contribution in [0.1, 0.15) is 32.8 Å². The standard InChI is InChI=1S/C15H23FN2/c1-4-14-10-18(15(2,3)11-17-14)9-12-5-7-13(16)8-6-12/h5-8,14,17H,4,9-11H2,1-3H3. The minimum Gasteiger partial charge on any atom is -0.311 e. The number of nitrogens with zero attached hydrogens (tertiary/aromatic N) is 1. The summed E-state index contributed by atoms with van der Waals surface area (Å²) in [6, 6.07) is 7.42. The summed E-state index contributed by atoms with van der Waals surface area (Å²) < 4.78 is 12.9. The summed E-state index contributed by atoms with van der Waals surface area (Å²) in [6.45, 7) is 9.69. The van der Waals surface area contributed by atoms with Crippen molar-refractivity contribution in [3.05, 3.63) is 35.6 Å². The molecule has 1 atom stereocenters. The second-order valence-electron chi connectivity index (χ2n) is 5.81. The van der Waals surface area contributed by atoms with Crippen molar-refractivity contribution >= 4 is 0 Å². The Hall–Kier alpha value is -0.930. The van der Waals surface area contributed by atoms with Crippen molar-refractivity contribution in [2.24, 2.45) is 0 Å². The lowest BCUT2D eigenvalue weighted by Crippen LogP contribution is -2.61. The molecule has 1 aliphatic heterocycles. The van der Waals surface area contributed by atoms with Crippen LogP contribution in [0.15, 0.2) is 24.3 Å². The Morgan fingerprint density at radius 1 is 1.33 bits per heavy atom. The van der Waals surface area contributed by atoms with Gasteiger partial charge in [0.05, 0.1) is 0 Å². The molecule has 1 saturated heterocycles. The second-order valence-corrected chi connectivity index (χ2v) is 5.81. The van der Waals surface area contributed by atoms with Crippen molar-refractivity contribution < 1.29 is 4.39 Å². The number of rotatable bonds is 3. The van der Waals surface area contributed by atoms with Crippen LogP contribution >= 0.6 is 0 Å². The second kappa shape index (κ2) is 5.37. The monoisotopic (exact) mass is 250 g/mol. The van der Waals surface area contributed by atoms with Gasteiger partial charge in [0, 0.05) is 31.2 Å². The van der Waals surface area contributed by atoms with Crippen LogP contribution in [-0.2, 0) is 6.54 Å². The molecule has 1 heterocycles. The summed E-state index contributed by atoms with van der Waals surface area (Å²) in [5.41, 5.74) is 1.33. The molecule has 100 valence electrons. The predicted octanol–water partition coefficient (Wildman–Crippen LogP) is 2.79. The van der Waals surface area contributed by atoms with Gasteiger partial charge in [-0.2, -0.15) is 0 Å². The highest BCUT2D eigenvalue weighted by Crippen LogP contribution is 2.22. The summed E-state index contributed by atoms with van der Waals surface area (Å²) >= 11 is 0. The SMILES string of the molecule is CCC1CN(Cc2ccc(F)cc2)C(C)(C)CN1. The van der Waals surface area contributed by atoms with E-state index in [1.807, 2.05) is 12.1 Å². The third-order valence-corrected chi connectivity index (χ3v) is 3.90. The lowest BCUT2D eigenvalue weighted by molar-refractivity contribution is 0.0577. The molecule has 1 aliphatic rings. The third-order valence-electron chi connectivity index (χ3n) is 3.90. The zero-order valence-electron chi connectivity index (χ0n) is 11.5. The van der Waals surface area contributed by atoms with E-state index in [1.165, 1.54) is 5.56 Å². The van der Waals surface area contributed by atoms with Gasteiger partial charge in [0.1, 0.15) is 5.82 Å². The van der Waals surface area contributed by atoms with Crippen molar-refractivity contribution in [2.75, 3.05) is 13.1 Å². The van der Waals surface area contributed by atoms with Gasteiger partial charge in [-0.05, 0) is 38.0 Å². The maximum absolute atomic E-state index is 12.9. The Kier molecular flexibility index (Phi) is 4.03. The van der Waals surface area contributed by atoms with Gasteiger partial charge >= 0.3 is 0 Å². The van der Waals surface area contributed by atoms with Gasteiger partial charge in [-0.15, -0.1) is 0 Å². The van der Waals surface area contributed by atoms with Crippen LogP contribution in [0.25, 0.3) is 0 Å². The first-order valence-electron chi connectivity index (χ1n) is 6.74. The summed E-state index contributed by atoms with van der Waals surface area (Å²) in [6.07, 6.45) is 1.15. The van der Waals surface area contributed by atoms with Crippen LogP contribution < -0.4 is 5.32 Å². The van der Waals surface area contributed by atoms with Gasteiger partial charge in [0.15, 0.2) is 0 Å². The van der Waals surface area contributed by atoms with E-state index in [4.69, 9.17) is 0 Å². The van der Waals surface area contributed by atoms with E-state index in [-0.39, 0.29) is 11.4 Å². The van der Waals surface area contributed by atoms with Gasteiger partial charge in [-0.25, -0.2) is 4.39 Å². The smallest absolute Gasteiger partial charge is 0.123 e. The molecule has 1 unspecified atom stereocenters. The average molecular weight is 250 g/mol. The highest BCUT2D eigenvalue weighted by Gasteiger charge is 2.32. The molecule has 1 aromatic carbocycles. The van der Waals surface area contributed by atoms with Gasteiger partial charge in [0.25, 0.3) is 0 Å². The van der Waals surface area contributed by atoms with E-state index >= 15 is 0 Å². The highest BCUT2D eigenvalue weighted by molar-refractivity contribution is 5.16. The molecule has 0 spiro atoms. The molecule has 0 aromatic heterocycles. The van der Waals surface area contributed by atoms with Gasteiger partial charge in [-0.3, -0.25) is 4.90 Å². The van der Waals surface area contributed by atoms with Crippen molar-refractivity contribution in [1.82, 2.24) is 10.2 Å². The Bertz CT molecular complexity index is 386. The first kappa shape index (κ1) is 13.5. The lowest BCUT2D eigenvalue weighted by Gasteiger charge is -2.46. The van der Waals surface area contributed by atoms with Crippen LogP contribution in [0.4, 0.5) is 4.39 Å². The molecule has 1 aromatic rings. The summed E-state index contributed by atoms with van der Waals surface area (Å²) in [7, 11) is 0. The Morgan fingerprint density at radius 3 is 2.61 bits per heavy atom. The number of piperazine rings is 1. The molecule has 2 nitrogen and oxygen atoms in total. The van der Waals surface area contributed by atoms with E-state index < -0.39 is 0 Å². The molecule has 0 aliphatic carbocycles. The molecule has 0 bridgehead atoms. The third kappa shape index (κ3) is 3.09. The first-order valence-corrected chi connectivity index (χ1v) is 6.74. The molecule has 1 fully saturated rings. The maximum atomic E-state index is 12.9. The zero-order chi connectivity index (χ0) is 13.2. The van der Waals surface area contributed by atoms with E-state index in [0.717, 1.165) is 26.1 Å². The molecule has 2 rings (SSSR count). The number of hydrogen-bond donors (Lipinski definition) is 1. The number of hydrogen-bond acceptors (Lipinski definition) is 2. The number of halogens is 1. The summed E-state index contributed by atoms with van der Waals surface area (Å²) in [5, 5.41) is 3.58. The van der Waals surface area contributed by atoms with Crippen molar-refractivity contribution in [1.29, 1.82) is 0 Å². The van der Waals surface area contributed by atoms with Crippen LogP contribution in [-0.4, -0.2) is 29.6 Å². The van der Waals surface area contributed by atoms with E-state index in [2.05, 4.69) is 31.0 Å². The zero-order valence-corrected chi connectivity index (χ0v) is 11.5. The molecule has 18 heavy (non-hydrogen) atoms. The molecule has 0 radical (unpaired) electrons. The minimum absolute atomic E-state index is 0.153. The largest absolute Gasteiger partial charge is 0.311 e. The summed E-state index contributed by atoms with van der Waals surface area (Å²) in [5.74, 6) is -0.162. The Labute approximate surface area is 109 Å². The fourth-order valence-corrected chi connectivity index (χ4v) is 2.45. The van der Waals surface area contributed by atoms with Crippen molar-refractivity contribution in [3.8, 4) is 0 Å². The Balaban J connectivity index is 2.07. The average Bonchev–Trinajstić information content (AvgIpc) is 2.34. The van der Waals surface area contributed by atoms with Crippen LogP contribution in [0.2, 0.25) is 0 Å². The van der Waals surface area contributed by atoms with Crippen LogP contribution in [0.3, 0.4) is 0 Å². The van der Waals surface area contributed by atoms with Crippen molar-refractivity contribution in [3.63, 3.8) is 0 Å². The first-order chi connectivity index (χ1) is 8.51. The van der Waals surface area contributed by atoms with Gasteiger partial charge in [-0.1, -0.05) is 19.1 Å². The van der Waals surface area contributed by atoms with E-state index in [1.54, 1.807) is 12.1 Å². The minimum atomic E-state index is -0.162. The molecule has 0 saturated carbocycles. The fraction of sp³-hybridized carbons (Fsp3) is 0.600. The van der Waals surface area contributed by atoms with E-state index in [0.29, 0.717) is 6.04 Å². The summed E-state index contributed by atoms with van der Waals surface area (Å²) in [4.78, 5) is 2.49. The van der Waals surface area contributed by atoms with E-state index in [9.17, 15) is 4.39 Å². The van der Waals surface area contributed by atoms with Crippen molar-refractivity contribution in [2.45, 2.75) is 45.3 Å². The quantitative estimate of drug-likeness (QED) is 0.887. The highest BCUT2D eigenvalue weighted by atomic mass is 19.1. The lowest BCUT2D eigenvalue weighted by atomic mass is 9.95. The van der Waals surface area contributed by atoms with Gasteiger partial charge < -0.3 is 5.32 Å². The molecule has 1 N–H and O–H groups in total. The molecular formula is C15H23FN2. The number of benzene rings is 1. The van der Waals surface area contributed by atoms with Gasteiger partial charge in [0.2, 0.25) is 0 Å². The topological polar surface area (TPSA) is 15.3 Å². The predicted molar refractivity (Wildman–Crippen MR) is 73.0 cm³/mol. The van der Waals surface area contributed by atoms with Crippen LogP contribution in [0.5, 0.6) is 0 Å². The molecular weight excluding hydrogens is 227 g/mol. The number of nitrogens with one attached hydrogen (secondary N) is 1. The van der Waals surface area contributed by atoms with Crippen LogP contribution in [0, 0.1) is 5.82 Å².